The molecule has 0 radical (unpaired) electrons. The molecule has 10 nitrogen and oxygen atoms in total. The number of halogens is 1. The van der Waals surface area contributed by atoms with Crippen LogP contribution in [0.5, 0.6) is 5.75 Å². The molecule has 2 aromatic rings. The van der Waals surface area contributed by atoms with Crippen LogP contribution in [-0.2, 0) is 22.5 Å². The number of anilines is 1. The normalized spacial score (nSPS) is 15.0. The van der Waals surface area contributed by atoms with Crippen molar-refractivity contribution in [1.29, 1.82) is 0 Å². The number of H-pyrrole nitrogens is 1. The van der Waals surface area contributed by atoms with Gasteiger partial charge in [-0.15, -0.1) is 0 Å². The van der Waals surface area contributed by atoms with Crippen molar-refractivity contribution in [2.75, 3.05) is 51.8 Å². The molecule has 1 aromatic heterocycles. The Morgan fingerprint density at radius 3 is 2.41 bits per heavy atom. The van der Waals surface area contributed by atoms with Gasteiger partial charge >= 0.3 is 5.97 Å². The van der Waals surface area contributed by atoms with E-state index in [0.717, 1.165) is 31.9 Å². The van der Waals surface area contributed by atoms with Crippen LogP contribution < -0.4 is 9.64 Å². The molecule has 0 spiro atoms. The van der Waals surface area contributed by atoms with Crippen LogP contribution in [0.15, 0.2) is 28.7 Å². The highest BCUT2D eigenvalue weighted by molar-refractivity contribution is 9.10. The average Bonchev–Trinajstić information content (AvgIpc) is 3.12. The molecule has 32 heavy (non-hydrogen) atoms. The predicted molar refractivity (Wildman–Crippen MR) is 129 cm³/mol. The standard InChI is InChI=1S/C19H26BrN5O4S.CH4.H2O/c1-4-28-19(26)18-17(20)16(21-22-18)13-29-15-7-5-14(6-8-15)24-9-11-25(12-10-24)30(27)23(2)3;;/h5-8H,4,9-13H2,1-3H3,(H,21,22);1H4;1H2. The van der Waals surface area contributed by atoms with Gasteiger partial charge in [-0.25, -0.2) is 17.6 Å². The van der Waals surface area contributed by atoms with Gasteiger partial charge in [0, 0.05) is 46.0 Å². The molecule has 1 saturated heterocycles. The summed E-state index contributed by atoms with van der Waals surface area (Å²) in [7, 11) is 3.64. The van der Waals surface area contributed by atoms with Crippen molar-refractivity contribution in [2.24, 2.45) is 0 Å². The van der Waals surface area contributed by atoms with E-state index in [0.29, 0.717) is 22.5 Å². The molecule has 0 bridgehead atoms. The zero-order valence-electron chi connectivity index (χ0n) is 17.8. The van der Waals surface area contributed by atoms with Crippen molar-refractivity contribution in [2.45, 2.75) is 21.0 Å². The van der Waals surface area contributed by atoms with Crippen molar-refractivity contribution in [3.8, 4) is 5.75 Å². The highest BCUT2D eigenvalue weighted by Crippen LogP contribution is 2.24. The van der Waals surface area contributed by atoms with Crippen LogP contribution >= 0.6 is 15.9 Å². The van der Waals surface area contributed by atoms with Crippen LogP contribution in [0, 0.1) is 0 Å². The number of rotatable bonds is 8. The number of carbonyl (C=O) groups excluding carboxylic acids is 1. The number of piperazine rings is 1. The Bertz CT molecular complexity index is 885. The fourth-order valence-electron chi connectivity index (χ4n) is 3.04. The quantitative estimate of drug-likeness (QED) is 0.517. The molecule has 180 valence electrons. The molecule has 1 aromatic carbocycles. The van der Waals surface area contributed by atoms with E-state index in [9.17, 15) is 9.00 Å². The number of nitrogens with zero attached hydrogens (tertiary/aromatic N) is 4. The van der Waals surface area contributed by atoms with Gasteiger partial charge in [0.1, 0.15) is 12.4 Å². The summed E-state index contributed by atoms with van der Waals surface area (Å²) in [5, 5.41) is 6.79. The first-order chi connectivity index (χ1) is 14.4. The number of aromatic nitrogens is 2. The molecule has 2 heterocycles. The van der Waals surface area contributed by atoms with E-state index >= 15 is 0 Å². The minimum atomic E-state index is -1.08. The highest BCUT2D eigenvalue weighted by Gasteiger charge is 2.23. The van der Waals surface area contributed by atoms with E-state index < -0.39 is 17.1 Å². The molecule has 0 saturated carbocycles. The summed E-state index contributed by atoms with van der Waals surface area (Å²) in [4.78, 5) is 14.1. The van der Waals surface area contributed by atoms with E-state index in [1.54, 1.807) is 11.2 Å². The van der Waals surface area contributed by atoms with Gasteiger partial charge in [0.25, 0.3) is 0 Å². The lowest BCUT2D eigenvalue weighted by Crippen LogP contribution is -2.49. The second kappa shape index (κ2) is 12.9. The van der Waals surface area contributed by atoms with Crippen molar-refractivity contribution >= 4 is 38.8 Å². The van der Waals surface area contributed by atoms with Gasteiger partial charge in [-0.05, 0) is 47.1 Å². The van der Waals surface area contributed by atoms with Crippen molar-refractivity contribution < 1.29 is 24.0 Å². The lowest BCUT2D eigenvalue weighted by atomic mass is 10.2. The number of hydrogen-bond acceptors (Lipinski definition) is 6. The first kappa shape index (κ1) is 28.0. The number of aromatic amines is 1. The second-order valence-electron chi connectivity index (χ2n) is 6.83. The van der Waals surface area contributed by atoms with Crippen LogP contribution in [0.1, 0.15) is 30.5 Å². The molecule has 0 amide bonds. The molecule has 1 fully saturated rings. The molecular formula is C20H32BrN5O5S. The van der Waals surface area contributed by atoms with Crippen molar-refractivity contribution in [3.63, 3.8) is 0 Å². The SMILES string of the molecule is C.CCOC(=O)c1n[nH]c(COc2ccc(N3CCN(S(=O)N(C)C)CC3)cc2)c1Br.O. The van der Waals surface area contributed by atoms with E-state index in [2.05, 4.69) is 31.0 Å². The van der Waals surface area contributed by atoms with Gasteiger partial charge in [-0.2, -0.15) is 5.10 Å². The summed E-state index contributed by atoms with van der Waals surface area (Å²) < 4.78 is 27.2. The highest BCUT2D eigenvalue weighted by atomic mass is 79.9. The van der Waals surface area contributed by atoms with Crippen LogP contribution in [0.4, 0.5) is 5.69 Å². The molecule has 1 atom stereocenters. The third kappa shape index (κ3) is 6.75. The number of esters is 1. The Hall–Kier alpha value is -1.99. The Balaban J connectivity index is 0.00000256. The smallest absolute Gasteiger partial charge is 0.360 e. The molecule has 12 heteroatoms. The Kier molecular flexibility index (Phi) is 11.3. The number of benzene rings is 1. The Morgan fingerprint density at radius 1 is 1.22 bits per heavy atom. The van der Waals surface area contributed by atoms with Gasteiger partial charge < -0.3 is 19.8 Å². The lowest BCUT2D eigenvalue weighted by molar-refractivity contribution is 0.0518. The summed E-state index contributed by atoms with van der Waals surface area (Å²) in [6.45, 7) is 5.41. The monoisotopic (exact) mass is 533 g/mol. The zero-order valence-corrected chi connectivity index (χ0v) is 20.2. The molecule has 1 aliphatic heterocycles. The van der Waals surface area contributed by atoms with Gasteiger partial charge in [0.15, 0.2) is 16.9 Å². The molecule has 3 N–H and O–H groups in total. The summed E-state index contributed by atoms with van der Waals surface area (Å²) in [5.74, 6) is 0.232. The number of carbonyl (C=O) groups is 1. The number of hydrogen-bond donors (Lipinski definition) is 1. The maximum atomic E-state index is 12.2. The topological polar surface area (TPSA) is 122 Å². The van der Waals surface area contributed by atoms with Crippen LogP contribution in [0.2, 0.25) is 0 Å². The van der Waals surface area contributed by atoms with Gasteiger partial charge in [0.05, 0.1) is 16.8 Å². The maximum Gasteiger partial charge on any atom is 0.360 e. The molecule has 1 unspecified atom stereocenters. The third-order valence-electron chi connectivity index (χ3n) is 4.60. The Morgan fingerprint density at radius 2 is 1.84 bits per heavy atom. The zero-order chi connectivity index (χ0) is 21.7. The van der Waals surface area contributed by atoms with Crippen molar-refractivity contribution in [3.05, 3.63) is 40.1 Å². The summed E-state index contributed by atoms with van der Waals surface area (Å²) in [5.41, 5.74) is 1.97. The third-order valence-corrected chi connectivity index (χ3v) is 6.89. The summed E-state index contributed by atoms with van der Waals surface area (Å²) in [6, 6.07) is 7.85. The van der Waals surface area contributed by atoms with E-state index in [4.69, 9.17) is 9.47 Å². The molecule has 0 aliphatic carbocycles. The first-order valence-corrected chi connectivity index (χ1v) is 11.5. The van der Waals surface area contributed by atoms with Crippen LogP contribution in [-0.4, -0.2) is 81.3 Å². The summed E-state index contributed by atoms with van der Waals surface area (Å²) in [6.07, 6.45) is 0. The number of nitrogens with one attached hydrogen (secondary N) is 1. The van der Waals surface area contributed by atoms with E-state index in [1.165, 1.54) is 0 Å². The summed E-state index contributed by atoms with van der Waals surface area (Å²) >= 11 is 2.29. The minimum absolute atomic E-state index is 0. The number of ether oxygens (including phenoxy) is 2. The van der Waals surface area contributed by atoms with E-state index in [1.807, 2.05) is 42.7 Å². The van der Waals surface area contributed by atoms with Crippen molar-refractivity contribution in [1.82, 2.24) is 18.8 Å². The largest absolute Gasteiger partial charge is 0.487 e. The Labute approximate surface area is 200 Å². The van der Waals surface area contributed by atoms with Gasteiger partial charge in [-0.3, -0.25) is 5.10 Å². The molecule has 3 rings (SSSR count). The predicted octanol–water partition coefficient (Wildman–Crippen LogP) is 2.00. The molecular weight excluding hydrogens is 502 g/mol. The van der Waals surface area contributed by atoms with Crippen LogP contribution in [0.25, 0.3) is 0 Å². The second-order valence-corrected chi connectivity index (χ2v) is 9.33. The first-order valence-electron chi connectivity index (χ1n) is 9.62. The van der Waals surface area contributed by atoms with E-state index in [-0.39, 0.29) is 25.2 Å². The lowest BCUT2D eigenvalue weighted by Gasteiger charge is -2.36. The molecule has 1 aliphatic rings. The van der Waals surface area contributed by atoms with Crippen LogP contribution in [0.3, 0.4) is 0 Å². The fourth-order valence-corrected chi connectivity index (χ4v) is 4.43. The van der Waals surface area contributed by atoms with Gasteiger partial charge in [-0.1, -0.05) is 7.43 Å². The average molecular weight is 534 g/mol. The fraction of sp³-hybridized carbons (Fsp3) is 0.500. The maximum absolute atomic E-state index is 12.2. The van der Waals surface area contributed by atoms with Gasteiger partial charge in [0.2, 0.25) is 0 Å². The minimum Gasteiger partial charge on any atom is -0.487 e.